The minimum absolute atomic E-state index is 0.126. The van der Waals surface area contributed by atoms with Crippen molar-refractivity contribution in [3.8, 4) is 0 Å². The lowest BCUT2D eigenvalue weighted by Crippen LogP contribution is -2.42. The number of nitrogens with one attached hydrogen (secondary N) is 2. The van der Waals surface area contributed by atoms with E-state index in [4.69, 9.17) is 4.74 Å². The number of rotatable bonds is 5. The fourth-order valence-corrected chi connectivity index (χ4v) is 1.68. The van der Waals surface area contributed by atoms with Crippen LogP contribution in [0.1, 0.15) is 40.5 Å². The second-order valence-electron chi connectivity index (χ2n) is 6.59. The normalized spacial score (nSPS) is 16.2. The van der Waals surface area contributed by atoms with Crippen LogP contribution in [-0.2, 0) is 4.74 Å². The van der Waals surface area contributed by atoms with Gasteiger partial charge in [0.25, 0.3) is 0 Å². The van der Waals surface area contributed by atoms with Gasteiger partial charge in [0, 0.05) is 26.2 Å². The molecular weight excluding hydrogens is 258 g/mol. The van der Waals surface area contributed by atoms with Gasteiger partial charge in [0.15, 0.2) is 0 Å². The first-order chi connectivity index (χ1) is 9.17. The third-order valence-electron chi connectivity index (χ3n) is 2.81. The Bertz CT molecular complexity index is 348. The Morgan fingerprint density at radius 2 is 1.95 bits per heavy atom. The van der Waals surface area contributed by atoms with E-state index in [-0.39, 0.29) is 18.0 Å². The summed E-state index contributed by atoms with van der Waals surface area (Å²) in [6.45, 7) is 8.58. The summed E-state index contributed by atoms with van der Waals surface area (Å²) in [5.41, 5.74) is -0.489. The molecule has 0 aromatic heterocycles. The first kappa shape index (κ1) is 16.6. The van der Waals surface area contributed by atoms with Gasteiger partial charge in [-0.3, -0.25) is 0 Å². The molecule has 0 aliphatic heterocycles. The topological polar surface area (TPSA) is 70.7 Å². The molecule has 0 bridgehead atoms. The van der Waals surface area contributed by atoms with Crippen LogP contribution < -0.4 is 10.6 Å². The van der Waals surface area contributed by atoms with Crippen molar-refractivity contribution >= 4 is 12.1 Å². The van der Waals surface area contributed by atoms with Crippen molar-refractivity contribution in [3.63, 3.8) is 0 Å². The van der Waals surface area contributed by atoms with Crippen LogP contribution in [0.4, 0.5) is 9.59 Å². The van der Waals surface area contributed by atoms with Gasteiger partial charge in [-0.1, -0.05) is 6.92 Å². The SMILES string of the molecule is CC(CNC(=O)NC1CC1)CN(C)C(=O)OC(C)(C)C. The smallest absolute Gasteiger partial charge is 0.410 e. The maximum absolute atomic E-state index is 11.8. The van der Waals surface area contributed by atoms with Crippen molar-refractivity contribution in [1.29, 1.82) is 0 Å². The van der Waals surface area contributed by atoms with Crippen LogP contribution in [0.15, 0.2) is 0 Å². The molecule has 0 aromatic carbocycles. The van der Waals surface area contributed by atoms with Crippen LogP contribution in [0, 0.1) is 5.92 Å². The van der Waals surface area contributed by atoms with E-state index in [1.807, 2.05) is 27.7 Å². The molecule has 1 atom stereocenters. The highest BCUT2D eigenvalue weighted by molar-refractivity contribution is 5.74. The molecule has 0 spiro atoms. The number of amides is 3. The van der Waals surface area contributed by atoms with Gasteiger partial charge in [-0.2, -0.15) is 0 Å². The van der Waals surface area contributed by atoms with E-state index in [2.05, 4.69) is 10.6 Å². The molecule has 1 saturated carbocycles. The number of carbonyl (C=O) groups excluding carboxylic acids is 2. The van der Waals surface area contributed by atoms with E-state index < -0.39 is 5.60 Å². The minimum Gasteiger partial charge on any atom is -0.444 e. The summed E-state index contributed by atoms with van der Waals surface area (Å²) in [5.74, 6) is 0.164. The predicted molar refractivity (Wildman–Crippen MR) is 77.6 cm³/mol. The Balaban J connectivity index is 2.20. The Morgan fingerprint density at radius 3 is 2.45 bits per heavy atom. The Kier molecular flexibility index (Phi) is 5.65. The zero-order valence-corrected chi connectivity index (χ0v) is 13.2. The van der Waals surface area contributed by atoms with Crippen molar-refractivity contribution in [2.45, 2.75) is 52.2 Å². The summed E-state index contributed by atoms with van der Waals surface area (Å²) in [5, 5.41) is 5.68. The van der Waals surface area contributed by atoms with Crippen molar-refractivity contribution in [2.24, 2.45) is 5.92 Å². The highest BCUT2D eigenvalue weighted by Crippen LogP contribution is 2.18. The largest absolute Gasteiger partial charge is 0.444 e. The van der Waals surface area contributed by atoms with Gasteiger partial charge >= 0.3 is 12.1 Å². The molecule has 1 unspecified atom stereocenters. The molecule has 2 N–H and O–H groups in total. The summed E-state index contributed by atoms with van der Waals surface area (Å²) < 4.78 is 5.27. The molecule has 20 heavy (non-hydrogen) atoms. The van der Waals surface area contributed by atoms with Crippen LogP contribution in [0.2, 0.25) is 0 Å². The van der Waals surface area contributed by atoms with Gasteiger partial charge in [-0.05, 0) is 39.5 Å². The Morgan fingerprint density at radius 1 is 1.35 bits per heavy atom. The lowest BCUT2D eigenvalue weighted by atomic mass is 10.1. The number of urea groups is 1. The molecule has 1 aliphatic carbocycles. The van der Waals surface area contributed by atoms with Crippen molar-refractivity contribution in [2.75, 3.05) is 20.1 Å². The first-order valence-corrected chi connectivity index (χ1v) is 7.16. The first-order valence-electron chi connectivity index (χ1n) is 7.16. The number of nitrogens with zero attached hydrogens (tertiary/aromatic N) is 1. The summed E-state index contributed by atoms with van der Waals surface area (Å²) in [6, 6.07) is 0.231. The summed E-state index contributed by atoms with van der Waals surface area (Å²) >= 11 is 0. The van der Waals surface area contributed by atoms with Crippen LogP contribution in [0.3, 0.4) is 0 Å². The van der Waals surface area contributed by atoms with E-state index in [9.17, 15) is 9.59 Å². The van der Waals surface area contributed by atoms with Gasteiger partial charge < -0.3 is 20.3 Å². The zero-order chi connectivity index (χ0) is 15.3. The molecule has 1 fully saturated rings. The molecule has 6 nitrogen and oxygen atoms in total. The lowest BCUT2D eigenvalue weighted by molar-refractivity contribution is 0.0277. The maximum atomic E-state index is 11.8. The standard InChI is InChI=1S/C14H27N3O3/c1-10(8-15-12(18)16-11-6-7-11)9-17(5)13(19)20-14(2,3)4/h10-11H,6-9H2,1-5H3,(H2,15,16,18). The fraction of sp³-hybridized carbons (Fsp3) is 0.857. The summed E-state index contributed by atoms with van der Waals surface area (Å²) in [4.78, 5) is 24.8. The second-order valence-corrected chi connectivity index (χ2v) is 6.59. The summed E-state index contributed by atoms with van der Waals surface area (Å²) in [6.07, 6.45) is 1.81. The van der Waals surface area contributed by atoms with Crippen LogP contribution in [0.5, 0.6) is 0 Å². The highest BCUT2D eigenvalue weighted by Gasteiger charge is 2.24. The van der Waals surface area contributed by atoms with Gasteiger partial charge in [0.1, 0.15) is 5.60 Å². The van der Waals surface area contributed by atoms with Gasteiger partial charge in [-0.25, -0.2) is 9.59 Å². The van der Waals surface area contributed by atoms with E-state index in [1.165, 1.54) is 4.90 Å². The van der Waals surface area contributed by atoms with Gasteiger partial charge in [-0.15, -0.1) is 0 Å². The van der Waals surface area contributed by atoms with E-state index in [1.54, 1.807) is 7.05 Å². The van der Waals surface area contributed by atoms with Gasteiger partial charge in [0.05, 0.1) is 0 Å². The quantitative estimate of drug-likeness (QED) is 0.811. The summed E-state index contributed by atoms with van der Waals surface area (Å²) in [7, 11) is 1.70. The second kappa shape index (κ2) is 6.81. The Labute approximate surface area is 121 Å². The van der Waals surface area contributed by atoms with E-state index in [0.717, 1.165) is 12.8 Å². The number of hydrogen-bond acceptors (Lipinski definition) is 3. The van der Waals surface area contributed by atoms with Gasteiger partial charge in [0.2, 0.25) is 0 Å². The number of ether oxygens (including phenoxy) is 1. The van der Waals surface area contributed by atoms with Crippen molar-refractivity contribution in [3.05, 3.63) is 0 Å². The molecule has 3 amide bonds. The van der Waals surface area contributed by atoms with E-state index >= 15 is 0 Å². The molecule has 0 radical (unpaired) electrons. The van der Waals surface area contributed by atoms with Crippen LogP contribution >= 0.6 is 0 Å². The third-order valence-corrected chi connectivity index (χ3v) is 2.81. The average Bonchev–Trinajstić information content (AvgIpc) is 3.08. The molecular formula is C14H27N3O3. The maximum Gasteiger partial charge on any atom is 0.410 e. The molecule has 1 rings (SSSR count). The lowest BCUT2D eigenvalue weighted by Gasteiger charge is -2.26. The molecule has 116 valence electrons. The van der Waals surface area contributed by atoms with E-state index in [0.29, 0.717) is 19.1 Å². The molecule has 6 heteroatoms. The third kappa shape index (κ3) is 7.21. The average molecular weight is 285 g/mol. The number of hydrogen-bond donors (Lipinski definition) is 2. The molecule has 0 heterocycles. The molecule has 0 aromatic rings. The molecule has 1 aliphatic rings. The minimum atomic E-state index is -0.489. The van der Waals surface area contributed by atoms with Crippen molar-refractivity contribution in [1.82, 2.24) is 15.5 Å². The zero-order valence-electron chi connectivity index (χ0n) is 13.2. The van der Waals surface area contributed by atoms with Crippen LogP contribution in [-0.4, -0.2) is 48.8 Å². The van der Waals surface area contributed by atoms with Crippen molar-refractivity contribution < 1.29 is 14.3 Å². The predicted octanol–water partition coefficient (Wildman–Crippen LogP) is 1.95. The monoisotopic (exact) mass is 285 g/mol. The fourth-order valence-electron chi connectivity index (χ4n) is 1.68. The number of carbonyl (C=O) groups is 2. The highest BCUT2D eigenvalue weighted by atomic mass is 16.6. The molecule has 0 saturated heterocycles. The van der Waals surface area contributed by atoms with Crippen LogP contribution in [0.25, 0.3) is 0 Å². The Hall–Kier alpha value is -1.46.